The van der Waals surface area contributed by atoms with Crippen LogP contribution in [0.2, 0.25) is 0 Å². The molecule has 0 spiro atoms. The molecule has 0 aromatic heterocycles. The number of rotatable bonds is 8. The van der Waals surface area contributed by atoms with Crippen molar-refractivity contribution in [3.63, 3.8) is 0 Å². The Kier molecular flexibility index (Phi) is 6.58. The highest BCUT2D eigenvalue weighted by Crippen LogP contribution is 2.19. The average Bonchev–Trinajstić information content (AvgIpc) is 2.38. The van der Waals surface area contributed by atoms with Crippen molar-refractivity contribution in [3.05, 3.63) is 29.6 Å². The van der Waals surface area contributed by atoms with E-state index >= 15 is 0 Å². The van der Waals surface area contributed by atoms with Crippen LogP contribution < -0.4 is 10.5 Å². The lowest BCUT2D eigenvalue weighted by molar-refractivity contribution is 0.524. The summed E-state index contributed by atoms with van der Waals surface area (Å²) in [5.74, 6) is -0.589. The van der Waals surface area contributed by atoms with E-state index < -0.39 is 15.8 Å². The molecule has 20 heavy (non-hydrogen) atoms. The molecule has 0 aliphatic heterocycles. The van der Waals surface area contributed by atoms with E-state index in [9.17, 15) is 12.8 Å². The number of halogens is 1. The second-order valence-electron chi connectivity index (χ2n) is 4.94. The molecule has 1 aromatic rings. The standard InChI is InChI=1S/C14H23FN2O2S/c1-3-4-5-7-11(2)17-20(18,19)14-9-6-8-13(15)12(14)10-16/h6,8-9,11,17H,3-5,7,10,16H2,1-2H3. The SMILES string of the molecule is CCCCCC(C)NS(=O)(=O)c1cccc(F)c1CN. The first-order valence-electron chi connectivity index (χ1n) is 6.92. The summed E-state index contributed by atoms with van der Waals surface area (Å²) in [4.78, 5) is -0.0673. The highest BCUT2D eigenvalue weighted by Gasteiger charge is 2.22. The van der Waals surface area contributed by atoms with Crippen LogP contribution in [0.4, 0.5) is 4.39 Å². The van der Waals surface area contributed by atoms with Crippen molar-refractivity contribution in [1.29, 1.82) is 0 Å². The maximum Gasteiger partial charge on any atom is 0.241 e. The monoisotopic (exact) mass is 302 g/mol. The molecule has 0 bridgehead atoms. The molecule has 1 rings (SSSR count). The summed E-state index contributed by atoms with van der Waals surface area (Å²) in [5.41, 5.74) is 5.47. The fraction of sp³-hybridized carbons (Fsp3) is 0.571. The minimum atomic E-state index is -3.73. The molecule has 0 saturated carbocycles. The van der Waals surface area contributed by atoms with Crippen LogP contribution in [-0.4, -0.2) is 14.5 Å². The van der Waals surface area contributed by atoms with Crippen LogP contribution in [0.15, 0.2) is 23.1 Å². The summed E-state index contributed by atoms with van der Waals surface area (Å²) in [7, 11) is -3.73. The zero-order valence-electron chi connectivity index (χ0n) is 12.0. The van der Waals surface area contributed by atoms with Gasteiger partial charge in [-0.05, 0) is 25.5 Å². The smallest absolute Gasteiger partial charge is 0.241 e. The Morgan fingerprint density at radius 3 is 2.65 bits per heavy atom. The molecule has 0 amide bonds. The van der Waals surface area contributed by atoms with Gasteiger partial charge in [-0.15, -0.1) is 0 Å². The normalized spacial score (nSPS) is 13.4. The van der Waals surface area contributed by atoms with Crippen molar-refractivity contribution in [3.8, 4) is 0 Å². The van der Waals surface area contributed by atoms with Gasteiger partial charge in [-0.25, -0.2) is 17.5 Å². The Labute approximate surface area is 120 Å². The fourth-order valence-corrected chi connectivity index (χ4v) is 3.61. The van der Waals surface area contributed by atoms with E-state index in [4.69, 9.17) is 5.73 Å². The molecular formula is C14H23FN2O2S. The molecule has 1 atom stereocenters. The van der Waals surface area contributed by atoms with Gasteiger partial charge in [0, 0.05) is 18.2 Å². The van der Waals surface area contributed by atoms with Gasteiger partial charge >= 0.3 is 0 Å². The van der Waals surface area contributed by atoms with Crippen LogP contribution in [0.25, 0.3) is 0 Å². The lowest BCUT2D eigenvalue weighted by Crippen LogP contribution is -2.33. The third kappa shape index (κ3) is 4.54. The van der Waals surface area contributed by atoms with E-state index in [0.29, 0.717) is 0 Å². The third-order valence-electron chi connectivity index (χ3n) is 3.17. The molecule has 0 saturated heterocycles. The van der Waals surface area contributed by atoms with Crippen LogP contribution in [0.3, 0.4) is 0 Å². The summed E-state index contributed by atoms with van der Waals surface area (Å²) in [6.45, 7) is 3.76. The number of hydrogen-bond donors (Lipinski definition) is 2. The van der Waals surface area contributed by atoms with E-state index in [1.807, 2.05) is 6.92 Å². The summed E-state index contributed by atoms with van der Waals surface area (Å²) in [6.07, 6.45) is 3.88. The summed E-state index contributed by atoms with van der Waals surface area (Å²) >= 11 is 0. The maximum atomic E-state index is 13.6. The van der Waals surface area contributed by atoms with E-state index in [0.717, 1.165) is 25.7 Å². The molecule has 0 fully saturated rings. The van der Waals surface area contributed by atoms with E-state index in [-0.39, 0.29) is 23.0 Å². The van der Waals surface area contributed by atoms with Crippen LogP contribution >= 0.6 is 0 Å². The van der Waals surface area contributed by atoms with E-state index in [1.165, 1.54) is 18.2 Å². The van der Waals surface area contributed by atoms with Crippen molar-refractivity contribution < 1.29 is 12.8 Å². The number of sulfonamides is 1. The molecule has 4 nitrogen and oxygen atoms in total. The second-order valence-corrected chi connectivity index (χ2v) is 6.62. The first kappa shape index (κ1) is 17.1. The first-order chi connectivity index (χ1) is 9.42. The van der Waals surface area contributed by atoms with Crippen molar-refractivity contribution in [2.24, 2.45) is 5.73 Å². The number of nitrogens with one attached hydrogen (secondary N) is 1. The highest BCUT2D eigenvalue weighted by molar-refractivity contribution is 7.89. The molecule has 114 valence electrons. The molecule has 1 unspecified atom stereocenters. The van der Waals surface area contributed by atoms with Crippen LogP contribution in [0.1, 0.15) is 45.1 Å². The molecule has 0 radical (unpaired) electrons. The fourth-order valence-electron chi connectivity index (χ4n) is 2.08. The predicted molar refractivity (Wildman–Crippen MR) is 78.2 cm³/mol. The van der Waals surface area contributed by atoms with Crippen LogP contribution in [0, 0.1) is 5.82 Å². The van der Waals surface area contributed by atoms with Gasteiger partial charge in [0.15, 0.2) is 0 Å². The summed E-state index contributed by atoms with van der Waals surface area (Å²) < 4.78 is 40.7. The third-order valence-corrected chi connectivity index (χ3v) is 4.84. The molecule has 0 aliphatic carbocycles. The molecular weight excluding hydrogens is 279 g/mol. The van der Waals surface area contributed by atoms with Gasteiger partial charge in [0.05, 0.1) is 4.90 Å². The maximum absolute atomic E-state index is 13.6. The van der Waals surface area contributed by atoms with Crippen LogP contribution in [0.5, 0.6) is 0 Å². The Bertz CT molecular complexity index is 532. The van der Waals surface area contributed by atoms with Crippen molar-refractivity contribution in [2.45, 2.75) is 57.0 Å². The number of benzene rings is 1. The van der Waals surface area contributed by atoms with Gasteiger partial charge in [0.25, 0.3) is 0 Å². The molecule has 1 aromatic carbocycles. The Morgan fingerprint density at radius 2 is 2.05 bits per heavy atom. The Morgan fingerprint density at radius 1 is 1.35 bits per heavy atom. The number of nitrogens with two attached hydrogens (primary N) is 1. The van der Waals surface area contributed by atoms with Crippen molar-refractivity contribution in [1.82, 2.24) is 4.72 Å². The first-order valence-corrected chi connectivity index (χ1v) is 8.40. The van der Waals surface area contributed by atoms with Gasteiger partial charge in [-0.3, -0.25) is 0 Å². The van der Waals surface area contributed by atoms with Gasteiger partial charge in [0.2, 0.25) is 10.0 Å². The van der Waals surface area contributed by atoms with E-state index in [1.54, 1.807) is 0 Å². The predicted octanol–water partition coefficient (Wildman–Crippen LogP) is 2.53. The van der Waals surface area contributed by atoms with Gasteiger partial charge in [0.1, 0.15) is 5.82 Å². The average molecular weight is 302 g/mol. The van der Waals surface area contributed by atoms with Gasteiger partial charge in [-0.2, -0.15) is 0 Å². The number of unbranched alkanes of at least 4 members (excludes halogenated alkanes) is 2. The second kappa shape index (κ2) is 7.71. The van der Waals surface area contributed by atoms with E-state index in [2.05, 4.69) is 11.6 Å². The summed E-state index contributed by atoms with van der Waals surface area (Å²) in [5, 5.41) is 0. The molecule has 6 heteroatoms. The van der Waals surface area contributed by atoms with Crippen LogP contribution in [-0.2, 0) is 16.6 Å². The largest absolute Gasteiger partial charge is 0.326 e. The van der Waals surface area contributed by atoms with Crippen molar-refractivity contribution >= 4 is 10.0 Å². The topological polar surface area (TPSA) is 72.2 Å². The quantitative estimate of drug-likeness (QED) is 0.725. The Hall–Kier alpha value is -0.980. The minimum absolute atomic E-state index is 0.0285. The van der Waals surface area contributed by atoms with Gasteiger partial charge in [-0.1, -0.05) is 32.3 Å². The zero-order chi connectivity index (χ0) is 15.2. The molecule has 3 N–H and O–H groups in total. The molecule has 0 heterocycles. The Balaban J connectivity index is 2.86. The lowest BCUT2D eigenvalue weighted by Gasteiger charge is -2.16. The minimum Gasteiger partial charge on any atom is -0.326 e. The lowest BCUT2D eigenvalue weighted by atomic mass is 10.1. The highest BCUT2D eigenvalue weighted by atomic mass is 32.2. The molecule has 0 aliphatic rings. The van der Waals surface area contributed by atoms with Crippen molar-refractivity contribution in [2.75, 3.05) is 0 Å². The summed E-state index contributed by atoms with van der Waals surface area (Å²) in [6, 6.07) is 3.80. The zero-order valence-corrected chi connectivity index (χ0v) is 12.8. The number of hydrogen-bond acceptors (Lipinski definition) is 3. The van der Waals surface area contributed by atoms with Gasteiger partial charge < -0.3 is 5.73 Å².